The summed E-state index contributed by atoms with van der Waals surface area (Å²) in [4.78, 5) is 13.0. The van der Waals surface area contributed by atoms with Gasteiger partial charge < -0.3 is 5.32 Å². The van der Waals surface area contributed by atoms with Crippen LogP contribution >= 0.6 is 0 Å². The van der Waals surface area contributed by atoms with E-state index >= 15 is 0 Å². The maximum absolute atomic E-state index is 13.0. The third kappa shape index (κ3) is 4.38. The third-order valence-electron chi connectivity index (χ3n) is 5.47. The lowest BCUT2D eigenvalue weighted by atomic mass is 9.88. The first kappa shape index (κ1) is 20.4. The molecule has 1 amide bonds. The summed E-state index contributed by atoms with van der Waals surface area (Å²) in [5.41, 5.74) is 4.63. The fraction of sp³-hybridized carbons (Fsp3) is 0.409. The molecule has 28 heavy (non-hydrogen) atoms. The van der Waals surface area contributed by atoms with E-state index in [-0.39, 0.29) is 11.9 Å². The molecule has 0 fully saturated rings. The highest BCUT2D eigenvalue weighted by atomic mass is 32.2. The van der Waals surface area contributed by atoms with E-state index in [1.54, 1.807) is 24.3 Å². The van der Waals surface area contributed by atoms with Crippen LogP contribution in [-0.2, 0) is 22.9 Å². The number of carbonyl (C=O) groups is 1. The molecular formula is C22H28N2O3S. The molecule has 0 bridgehead atoms. The first-order chi connectivity index (χ1) is 13.3. The molecule has 0 spiro atoms. The molecule has 0 aromatic heterocycles. The number of rotatable bonds is 6. The van der Waals surface area contributed by atoms with Crippen molar-refractivity contribution in [3.8, 4) is 0 Å². The van der Waals surface area contributed by atoms with Crippen molar-refractivity contribution in [3.63, 3.8) is 0 Å². The van der Waals surface area contributed by atoms with Crippen molar-refractivity contribution in [1.82, 2.24) is 5.32 Å². The van der Waals surface area contributed by atoms with Crippen LogP contribution in [0.5, 0.6) is 0 Å². The lowest BCUT2D eigenvalue weighted by Gasteiger charge is -2.23. The van der Waals surface area contributed by atoms with Crippen LogP contribution in [0.15, 0.2) is 42.5 Å². The van der Waals surface area contributed by atoms with E-state index in [1.165, 1.54) is 31.0 Å². The van der Waals surface area contributed by atoms with Gasteiger partial charge in [0.2, 0.25) is 10.0 Å². The van der Waals surface area contributed by atoms with Gasteiger partial charge in [-0.25, -0.2) is 8.42 Å². The van der Waals surface area contributed by atoms with E-state index in [1.807, 2.05) is 6.92 Å². The van der Waals surface area contributed by atoms with Gasteiger partial charge in [-0.2, -0.15) is 0 Å². The first-order valence-corrected chi connectivity index (χ1v) is 11.6. The number of hydrogen-bond acceptors (Lipinski definition) is 3. The highest BCUT2D eigenvalue weighted by Crippen LogP contribution is 2.27. The van der Waals surface area contributed by atoms with Crippen molar-refractivity contribution >= 4 is 21.6 Å². The van der Waals surface area contributed by atoms with E-state index in [9.17, 15) is 13.2 Å². The molecule has 1 aliphatic rings. The van der Waals surface area contributed by atoms with E-state index in [4.69, 9.17) is 0 Å². The summed E-state index contributed by atoms with van der Waals surface area (Å²) >= 11 is 0. The summed E-state index contributed by atoms with van der Waals surface area (Å²) in [5.74, 6) is -0.268. The van der Waals surface area contributed by atoms with Gasteiger partial charge in [0.15, 0.2) is 0 Å². The molecule has 1 N–H and O–H groups in total. The molecule has 2 aromatic rings. The zero-order chi connectivity index (χ0) is 20.3. The molecule has 6 heteroatoms. The van der Waals surface area contributed by atoms with Gasteiger partial charge in [-0.15, -0.1) is 0 Å². The number of para-hydroxylation sites is 1. The molecule has 1 aliphatic carbocycles. The average Bonchev–Trinajstić information content (AvgIpc) is 2.70. The topological polar surface area (TPSA) is 66.5 Å². The number of nitrogens with zero attached hydrogens (tertiary/aromatic N) is 1. The summed E-state index contributed by atoms with van der Waals surface area (Å²) < 4.78 is 25.0. The molecule has 1 atom stereocenters. The molecule has 0 saturated carbocycles. The standard InChI is InChI=1S/C22H28N2O3S/c1-4-20(18-14-13-16-9-5-6-10-17(16)15-18)23-22(25)19-11-7-8-12-21(19)24(2)28(3,26)27/h7-8,11-15,20H,4-6,9-10H2,1-3H3,(H,23,25)/t20-/m1/s1. The number of sulfonamides is 1. The SMILES string of the molecule is CC[C@@H](NC(=O)c1ccccc1N(C)S(C)(=O)=O)c1ccc2c(c1)CCCC2. The van der Waals surface area contributed by atoms with Crippen LogP contribution in [0.1, 0.15) is 59.3 Å². The van der Waals surface area contributed by atoms with Gasteiger partial charge in [0, 0.05) is 7.05 Å². The third-order valence-corrected chi connectivity index (χ3v) is 6.67. The summed E-state index contributed by atoms with van der Waals surface area (Å²) in [5, 5.41) is 3.09. The normalized spacial score (nSPS) is 14.8. The fourth-order valence-corrected chi connectivity index (χ4v) is 4.26. The Kier molecular flexibility index (Phi) is 6.08. The van der Waals surface area contributed by atoms with Crippen LogP contribution in [0.25, 0.3) is 0 Å². The van der Waals surface area contributed by atoms with Crippen molar-refractivity contribution in [2.75, 3.05) is 17.6 Å². The highest BCUT2D eigenvalue weighted by Gasteiger charge is 2.22. The Morgan fingerprint density at radius 3 is 2.46 bits per heavy atom. The van der Waals surface area contributed by atoms with Crippen LogP contribution in [0.4, 0.5) is 5.69 Å². The van der Waals surface area contributed by atoms with E-state index in [0.29, 0.717) is 11.3 Å². The van der Waals surface area contributed by atoms with Gasteiger partial charge in [-0.1, -0.05) is 37.3 Å². The molecule has 0 radical (unpaired) electrons. The smallest absolute Gasteiger partial charge is 0.253 e. The minimum Gasteiger partial charge on any atom is -0.345 e. The highest BCUT2D eigenvalue weighted by molar-refractivity contribution is 7.92. The van der Waals surface area contributed by atoms with Crippen molar-refractivity contribution in [1.29, 1.82) is 0 Å². The number of hydrogen-bond donors (Lipinski definition) is 1. The van der Waals surface area contributed by atoms with Crippen molar-refractivity contribution in [3.05, 3.63) is 64.7 Å². The fourth-order valence-electron chi connectivity index (χ4n) is 3.75. The maximum atomic E-state index is 13.0. The molecule has 0 unspecified atom stereocenters. The minimum atomic E-state index is -3.46. The Bertz CT molecular complexity index is 969. The molecule has 5 nitrogen and oxygen atoms in total. The minimum absolute atomic E-state index is 0.115. The number of carbonyl (C=O) groups excluding carboxylic acids is 1. The predicted octanol–water partition coefficient (Wildman–Crippen LogP) is 3.84. The molecule has 2 aromatic carbocycles. The van der Waals surface area contributed by atoms with Gasteiger partial charge in [-0.3, -0.25) is 9.10 Å². The van der Waals surface area contributed by atoms with Gasteiger partial charge in [0.25, 0.3) is 5.91 Å². The van der Waals surface area contributed by atoms with Crippen molar-refractivity contribution < 1.29 is 13.2 Å². The van der Waals surface area contributed by atoms with Gasteiger partial charge in [0.05, 0.1) is 23.5 Å². The van der Waals surface area contributed by atoms with Gasteiger partial charge >= 0.3 is 0 Å². The predicted molar refractivity (Wildman–Crippen MR) is 113 cm³/mol. The zero-order valence-electron chi connectivity index (χ0n) is 16.7. The lowest BCUT2D eigenvalue weighted by molar-refractivity contribution is 0.0936. The van der Waals surface area contributed by atoms with E-state index < -0.39 is 10.0 Å². The Morgan fingerprint density at radius 2 is 1.79 bits per heavy atom. The summed E-state index contributed by atoms with van der Waals surface area (Å²) in [6, 6.07) is 13.2. The number of anilines is 1. The largest absolute Gasteiger partial charge is 0.345 e. The van der Waals surface area contributed by atoms with Crippen molar-refractivity contribution in [2.45, 2.75) is 45.1 Å². The zero-order valence-corrected chi connectivity index (χ0v) is 17.6. The van der Waals surface area contributed by atoms with Crippen LogP contribution in [0.3, 0.4) is 0 Å². The molecular weight excluding hydrogens is 372 g/mol. The van der Waals surface area contributed by atoms with Crippen LogP contribution in [0.2, 0.25) is 0 Å². The number of benzene rings is 2. The van der Waals surface area contributed by atoms with Crippen LogP contribution in [-0.4, -0.2) is 27.6 Å². The number of aryl methyl sites for hydroxylation is 2. The van der Waals surface area contributed by atoms with Gasteiger partial charge in [0.1, 0.15) is 0 Å². The Hall–Kier alpha value is -2.34. The molecule has 0 saturated heterocycles. The number of fused-ring (bicyclic) bond motifs is 1. The number of nitrogens with one attached hydrogen (secondary N) is 1. The Morgan fingerprint density at radius 1 is 1.11 bits per heavy atom. The summed E-state index contributed by atoms with van der Waals surface area (Å²) in [7, 11) is -1.99. The van der Waals surface area contributed by atoms with E-state index in [0.717, 1.165) is 35.4 Å². The second-order valence-electron chi connectivity index (χ2n) is 7.42. The summed E-state index contributed by atoms with van der Waals surface area (Å²) in [6.45, 7) is 2.04. The summed E-state index contributed by atoms with van der Waals surface area (Å²) in [6.07, 6.45) is 6.56. The second kappa shape index (κ2) is 8.35. The molecule has 3 rings (SSSR count). The van der Waals surface area contributed by atoms with Crippen LogP contribution in [0, 0.1) is 0 Å². The molecule has 0 aliphatic heterocycles. The van der Waals surface area contributed by atoms with Gasteiger partial charge in [-0.05, 0) is 60.9 Å². The lowest BCUT2D eigenvalue weighted by Crippen LogP contribution is -2.32. The Labute approximate surface area is 167 Å². The van der Waals surface area contributed by atoms with E-state index in [2.05, 4.69) is 23.5 Å². The second-order valence-corrected chi connectivity index (χ2v) is 9.43. The monoisotopic (exact) mass is 400 g/mol. The average molecular weight is 401 g/mol. The molecule has 150 valence electrons. The maximum Gasteiger partial charge on any atom is 0.253 e. The first-order valence-electron chi connectivity index (χ1n) is 9.76. The molecule has 0 heterocycles. The number of amides is 1. The quantitative estimate of drug-likeness (QED) is 0.801. The Balaban J connectivity index is 1.86. The van der Waals surface area contributed by atoms with Crippen LogP contribution < -0.4 is 9.62 Å². The van der Waals surface area contributed by atoms with Crippen molar-refractivity contribution in [2.24, 2.45) is 0 Å².